The van der Waals surface area contributed by atoms with Crippen molar-refractivity contribution in [1.82, 2.24) is 15.0 Å². The number of piperidine rings is 1. The molecule has 1 aliphatic rings. The molecule has 29 heavy (non-hydrogen) atoms. The fourth-order valence-electron chi connectivity index (χ4n) is 3.61. The maximum absolute atomic E-state index is 11.0. The van der Waals surface area contributed by atoms with E-state index in [1.165, 1.54) is 5.56 Å². The van der Waals surface area contributed by atoms with Gasteiger partial charge in [0.25, 0.3) is 0 Å². The van der Waals surface area contributed by atoms with Crippen LogP contribution in [0.4, 0.5) is 5.95 Å². The van der Waals surface area contributed by atoms with Crippen molar-refractivity contribution in [2.75, 3.05) is 24.6 Å². The molecule has 0 unspecified atom stereocenters. The van der Waals surface area contributed by atoms with Gasteiger partial charge in [-0.25, -0.2) is 19.7 Å². The second-order valence-corrected chi connectivity index (χ2v) is 7.98. The summed E-state index contributed by atoms with van der Waals surface area (Å²) in [5, 5.41) is 9.05. The number of carboxylic acids is 1. The Morgan fingerprint density at radius 3 is 2.52 bits per heavy atom. The normalized spacial score (nSPS) is 15.0. The number of aryl methyl sites for hydroxylation is 1. The summed E-state index contributed by atoms with van der Waals surface area (Å²) in [6.07, 6.45) is 8.24. The van der Waals surface area contributed by atoms with Crippen LogP contribution in [0.2, 0.25) is 0 Å². The number of carbonyl (C=O) groups is 1. The van der Waals surface area contributed by atoms with Crippen molar-refractivity contribution in [3.05, 3.63) is 41.3 Å². The number of pyridine rings is 1. The number of ether oxygens (including phenoxy) is 1. The van der Waals surface area contributed by atoms with Gasteiger partial charge in [-0.2, -0.15) is 0 Å². The summed E-state index contributed by atoms with van der Waals surface area (Å²) < 4.78 is 5.70. The van der Waals surface area contributed by atoms with E-state index >= 15 is 0 Å². The minimum Gasteiger partial charge on any atom is -0.478 e. The summed E-state index contributed by atoms with van der Waals surface area (Å²) in [6, 6.07) is 3.17. The molecule has 2 aromatic heterocycles. The van der Waals surface area contributed by atoms with E-state index in [1.54, 1.807) is 19.1 Å². The molecule has 0 atom stereocenters. The van der Waals surface area contributed by atoms with E-state index in [0.29, 0.717) is 30.0 Å². The molecule has 1 N–H and O–H groups in total. The molecule has 2 aromatic rings. The third-order valence-corrected chi connectivity index (χ3v) is 5.52. The maximum atomic E-state index is 11.0. The van der Waals surface area contributed by atoms with E-state index < -0.39 is 5.97 Å². The molecular weight excluding hydrogens is 368 g/mol. The first-order valence-corrected chi connectivity index (χ1v) is 10.3. The second-order valence-electron chi connectivity index (χ2n) is 7.98. The molecular formula is C22H30N4O3. The van der Waals surface area contributed by atoms with Gasteiger partial charge in [-0.15, -0.1) is 0 Å². The topological polar surface area (TPSA) is 88.4 Å². The molecule has 1 aliphatic heterocycles. The standard InChI is InChI=1S/C22H30N4O3/c1-15(2)18-13-23-22(24-14-18)26-10-8-17(9-11-26)5-4-12-29-20-7-6-19(21(27)28)16(3)25-20/h6-7,13-15,17H,4-5,8-12H2,1-3H3,(H,27,28). The van der Waals surface area contributed by atoms with Gasteiger partial charge >= 0.3 is 5.97 Å². The average molecular weight is 399 g/mol. The zero-order valence-electron chi connectivity index (χ0n) is 17.5. The second kappa shape index (κ2) is 9.67. The van der Waals surface area contributed by atoms with Crippen LogP contribution in [0.15, 0.2) is 24.5 Å². The van der Waals surface area contributed by atoms with Gasteiger partial charge in [-0.05, 0) is 56.1 Å². The highest BCUT2D eigenvalue weighted by atomic mass is 16.5. The lowest BCUT2D eigenvalue weighted by Crippen LogP contribution is -2.35. The summed E-state index contributed by atoms with van der Waals surface area (Å²) in [7, 11) is 0. The van der Waals surface area contributed by atoms with Gasteiger partial charge in [0.05, 0.1) is 17.9 Å². The summed E-state index contributed by atoms with van der Waals surface area (Å²) in [5.41, 5.74) is 1.86. The Labute approximate surface area is 172 Å². The van der Waals surface area contributed by atoms with Gasteiger partial charge in [0.2, 0.25) is 11.8 Å². The van der Waals surface area contributed by atoms with Crippen LogP contribution in [-0.2, 0) is 0 Å². The quantitative estimate of drug-likeness (QED) is 0.670. The van der Waals surface area contributed by atoms with Gasteiger partial charge < -0.3 is 14.7 Å². The number of carboxylic acid groups (broad SMARTS) is 1. The lowest BCUT2D eigenvalue weighted by molar-refractivity contribution is 0.0695. The molecule has 0 radical (unpaired) electrons. The van der Waals surface area contributed by atoms with E-state index in [1.807, 2.05) is 12.4 Å². The zero-order valence-corrected chi connectivity index (χ0v) is 17.5. The molecule has 1 saturated heterocycles. The van der Waals surface area contributed by atoms with E-state index in [0.717, 1.165) is 44.7 Å². The Morgan fingerprint density at radius 1 is 1.24 bits per heavy atom. The summed E-state index contributed by atoms with van der Waals surface area (Å²) >= 11 is 0. The zero-order chi connectivity index (χ0) is 20.8. The smallest absolute Gasteiger partial charge is 0.337 e. The Hall–Kier alpha value is -2.70. The molecule has 3 heterocycles. The van der Waals surface area contributed by atoms with Gasteiger partial charge in [-0.1, -0.05) is 13.8 Å². The minimum atomic E-state index is -0.964. The van der Waals surface area contributed by atoms with Crippen LogP contribution in [0.1, 0.15) is 67.1 Å². The molecule has 1 fully saturated rings. The molecule has 0 spiro atoms. The lowest BCUT2D eigenvalue weighted by Gasteiger charge is -2.32. The van der Waals surface area contributed by atoms with E-state index in [4.69, 9.17) is 9.84 Å². The highest BCUT2D eigenvalue weighted by Crippen LogP contribution is 2.25. The Bertz CT molecular complexity index is 815. The van der Waals surface area contributed by atoms with Gasteiger partial charge in [0.15, 0.2) is 0 Å². The van der Waals surface area contributed by atoms with Gasteiger partial charge in [-0.3, -0.25) is 0 Å². The molecule has 7 nitrogen and oxygen atoms in total. The van der Waals surface area contributed by atoms with Crippen molar-refractivity contribution < 1.29 is 14.6 Å². The van der Waals surface area contributed by atoms with Gasteiger partial charge in [0, 0.05) is 31.5 Å². The predicted octanol–water partition coefficient (Wildman–Crippen LogP) is 4.08. The van der Waals surface area contributed by atoms with Gasteiger partial charge in [0.1, 0.15) is 0 Å². The molecule has 0 aliphatic carbocycles. The number of hydrogen-bond acceptors (Lipinski definition) is 6. The molecule has 0 bridgehead atoms. The van der Waals surface area contributed by atoms with Crippen LogP contribution in [0.5, 0.6) is 5.88 Å². The van der Waals surface area contributed by atoms with E-state index in [2.05, 4.69) is 33.7 Å². The predicted molar refractivity (Wildman–Crippen MR) is 112 cm³/mol. The van der Waals surface area contributed by atoms with Crippen LogP contribution < -0.4 is 9.64 Å². The minimum absolute atomic E-state index is 0.215. The van der Waals surface area contributed by atoms with Crippen LogP contribution in [0.3, 0.4) is 0 Å². The highest BCUT2D eigenvalue weighted by molar-refractivity contribution is 5.88. The highest BCUT2D eigenvalue weighted by Gasteiger charge is 2.21. The largest absolute Gasteiger partial charge is 0.478 e. The molecule has 0 saturated carbocycles. The number of hydrogen-bond donors (Lipinski definition) is 1. The van der Waals surface area contributed by atoms with E-state index in [9.17, 15) is 4.79 Å². The first-order valence-electron chi connectivity index (χ1n) is 10.3. The number of rotatable bonds is 8. The summed E-state index contributed by atoms with van der Waals surface area (Å²) in [6.45, 7) is 8.56. The van der Waals surface area contributed by atoms with Crippen molar-refractivity contribution in [2.24, 2.45) is 5.92 Å². The third-order valence-electron chi connectivity index (χ3n) is 5.52. The van der Waals surface area contributed by atoms with Crippen molar-refractivity contribution in [1.29, 1.82) is 0 Å². The Morgan fingerprint density at radius 2 is 1.93 bits per heavy atom. The van der Waals surface area contributed by atoms with Crippen LogP contribution >= 0.6 is 0 Å². The van der Waals surface area contributed by atoms with Crippen molar-refractivity contribution in [3.63, 3.8) is 0 Å². The number of aromatic carboxylic acids is 1. The summed E-state index contributed by atoms with van der Waals surface area (Å²) in [4.78, 5) is 26.6. The molecule has 156 valence electrons. The number of anilines is 1. The molecule has 3 rings (SSSR count). The summed E-state index contributed by atoms with van der Waals surface area (Å²) in [5.74, 6) is 1.50. The van der Waals surface area contributed by atoms with Crippen LogP contribution in [-0.4, -0.2) is 45.7 Å². The van der Waals surface area contributed by atoms with Crippen LogP contribution in [0.25, 0.3) is 0 Å². The molecule has 7 heteroatoms. The Kier molecular flexibility index (Phi) is 7.01. The molecule has 0 amide bonds. The van der Waals surface area contributed by atoms with Crippen molar-refractivity contribution in [2.45, 2.75) is 52.4 Å². The number of nitrogens with zero attached hydrogens (tertiary/aromatic N) is 4. The maximum Gasteiger partial charge on any atom is 0.337 e. The van der Waals surface area contributed by atoms with Crippen LogP contribution in [0, 0.1) is 12.8 Å². The molecule has 0 aromatic carbocycles. The average Bonchev–Trinajstić information content (AvgIpc) is 2.71. The third kappa shape index (κ3) is 5.65. The van der Waals surface area contributed by atoms with E-state index in [-0.39, 0.29) is 5.56 Å². The Balaban J connectivity index is 1.38. The van der Waals surface area contributed by atoms with Crippen molar-refractivity contribution in [3.8, 4) is 5.88 Å². The lowest BCUT2D eigenvalue weighted by atomic mass is 9.92. The first-order chi connectivity index (χ1) is 13.9. The van der Waals surface area contributed by atoms with Crippen molar-refractivity contribution >= 4 is 11.9 Å². The fraction of sp³-hybridized carbons (Fsp3) is 0.545. The SMILES string of the molecule is Cc1nc(OCCCC2CCN(c3ncc(C(C)C)cn3)CC2)ccc1C(=O)O. The fourth-order valence-corrected chi connectivity index (χ4v) is 3.61. The monoisotopic (exact) mass is 398 g/mol. The first kappa shape index (κ1) is 21.0. The number of aromatic nitrogens is 3.